The van der Waals surface area contributed by atoms with Crippen molar-refractivity contribution in [3.8, 4) is 11.5 Å². The molecule has 1 aliphatic rings. The third-order valence-corrected chi connectivity index (χ3v) is 4.62. The Kier molecular flexibility index (Phi) is 4.93. The Bertz CT molecular complexity index is 920. The first-order valence-electron chi connectivity index (χ1n) is 8.85. The van der Waals surface area contributed by atoms with Crippen molar-refractivity contribution in [1.29, 1.82) is 0 Å². The first kappa shape index (κ1) is 17.4. The van der Waals surface area contributed by atoms with Gasteiger partial charge in [0.05, 0.1) is 12.1 Å². The van der Waals surface area contributed by atoms with Gasteiger partial charge in [-0.15, -0.1) is 0 Å². The number of amides is 1. The number of nitrogens with zero attached hydrogens (tertiary/aromatic N) is 4. The van der Waals surface area contributed by atoms with Gasteiger partial charge in [-0.05, 0) is 24.3 Å². The lowest BCUT2D eigenvalue weighted by atomic mass is 10.1. The summed E-state index contributed by atoms with van der Waals surface area (Å²) in [6.45, 7) is 2.98. The fourth-order valence-corrected chi connectivity index (χ4v) is 3.13. The standard InChI is InChI=1S/C20H19FN4O2/c21-17-9-5-4-8-16(17)20(26)25-12-10-24(11-13-25)14-18-22-19(27-23-18)15-6-2-1-3-7-15/h1-9H,10-14H2. The molecule has 1 saturated heterocycles. The largest absolute Gasteiger partial charge is 0.336 e. The van der Waals surface area contributed by atoms with Crippen LogP contribution >= 0.6 is 0 Å². The van der Waals surface area contributed by atoms with E-state index >= 15 is 0 Å². The maximum atomic E-state index is 13.8. The van der Waals surface area contributed by atoms with E-state index in [1.54, 1.807) is 17.0 Å². The van der Waals surface area contributed by atoms with Gasteiger partial charge in [0, 0.05) is 31.7 Å². The summed E-state index contributed by atoms with van der Waals surface area (Å²) in [5.41, 5.74) is 1.01. The van der Waals surface area contributed by atoms with Crippen LogP contribution in [0.15, 0.2) is 59.1 Å². The molecule has 3 aromatic rings. The van der Waals surface area contributed by atoms with Crippen molar-refractivity contribution < 1.29 is 13.7 Å². The molecular formula is C20H19FN4O2. The van der Waals surface area contributed by atoms with E-state index in [1.807, 2.05) is 30.3 Å². The van der Waals surface area contributed by atoms with Crippen LogP contribution in [0.4, 0.5) is 4.39 Å². The van der Waals surface area contributed by atoms with E-state index in [0.29, 0.717) is 44.4 Å². The maximum absolute atomic E-state index is 13.8. The van der Waals surface area contributed by atoms with E-state index in [4.69, 9.17) is 4.52 Å². The summed E-state index contributed by atoms with van der Waals surface area (Å²) in [5, 5.41) is 4.04. The van der Waals surface area contributed by atoms with Crippen molar-refractivity contribution >= 4 is 5.91 Å². The molecule has 0 N–H and O–H groups in total. The van der Waals surface area contributed by atoms with Gasteiger partial charge in [0.2, 0.25) is 0 Å². The molecule has 27 heavy (non-hydrogen) atoms. The number of piperazine rings is 1. The van der Waals surface area contributed by atoms with Gasteiger partial charge in [0.25, 0.3) is 11.8 Å². The fraction of sp³-hybridized carbons (Fsp3) is 0.250. The molecule has 1 aromatic heterocycles. The quantitative estimate of drug-likeness (QED) is 0.711. The third kappa shape index (κ3) is 3.88. The molecule has 6 nitrogen and oxygen atoms in total. The number of hydrogen-bond acceptors (Lipinski definition) is 5. The van der Waals surface area contributed by atoms with Gasteiger partial charge in [0.15, 0.2) is 5.82 Å². The minimum Gasteiger partial charge on any atom is -0.336 e. The average molecular weight is 366 g/mol. The van der Waals surface area contributed by atoms with Crippen LogP contribution in [0.25, 0.3) is 11.5 Å². The second kappa shape index (κ2) is 7.67. The Morgan fingerprint density at radius 2 is 1.70 bits per heavy atom. The van der Waals surface area contributed by atoms with E-state index in [9.17, 15) is 9.18 Å². The van der Waals surface area contributed by atoms with Crippen molar-refractivity contribution in [3.05, 3.63) is 71.8 Å². The minimum atomic E-state index is -0.481. The zero-order chi connectivity index (χ0) is 18.6. The fourth-order valence-electron chi connectivity index (χ4n) is 3.13. The summed E-state index contributed by atoms with van der Waals surface area (Å²) in [4.78, 5) is 20.8. The molecule has 1 amide bonds. The molecule has 0 saturated carbocycles. The molecule has 0 unspecified atom stereocenters. The topological polar surface area (TPSA) is 62.5 Å². The Hall–Kier alpha value is -3.06. The van der Waals surface area contributed by atoms with E-state index in [1.165, 1.54) is 12.1 Å². The number of carbonyl (C=O) groups is 1. The third-order valence-electron chi connectivity index (χ3n) is 4.62. The minimum absolute atomic E-state index is 0.122. The summed E-state index contributed by atoms with van der Waals surface area (Å²) in [6, 6.07) is 15.7. The number of hydrogen-bond donors (Lipinski definition) is 0. The van der Waals surface area contributed by atoms with Crippen LogP contribution in [0.5, 0.6) is 0 Å². The average Bonchev–Trinajstić information content (AvgIpc) is 3.18. The van der Waals surface area contributed by atoms with Crippen LogP contribution in [0, 0.1) is 5.82 Å². The number of benzene rings is 2. The summed E-state index contributed by atoms with van der Waals surface area (Å²) < 4.78 is 19.1. The van der Waals surface area contributed by atoms with E-state index in [-0.39, 0.29) is 11.5 Å². The number of carbonyl (C=O) groups excluding carboxylic acids is 1. The van der Waals surface area contributed by atoms with Crippen molar-refractivity contribution in [3.63, 3.8) is 0 Å². The predicted molar refractivity (Wildman–Crippen MR) is 97.3 cm³/mol. The molecule has 0 atom stereocenters. The predicted octanol–water partition coefficient (Wildman–Crippen LogP) is 2.83. The highest BCUT2D eigenvalue weighted by molar-refractivity contribution is 5.94. The Balaban J connectivity index is 1.34. The van der Waals surface area contributed by atoms with Crippen LogP contribution < -0.4 is 0 Å². The molecule has 0 bridgehead atoms. The first-order chi connectivity index (χ1) is 13.2. The van der Waals surface area contributed by atoms with Crippen LogP contribution in [0.1, 0.15) is 16.2 Å². The monoisotopic (exact) mass is 366 g/mol. The zero-order valence-corrected chi connectivity index (χ0v) is 14.7. The van der Waals surface area contributed by atoms with E-state index < -0.39 is 5.82 Å². The Morgan fingerprint density at radius 1 is 1.00 bits per heavy atom. The number of aromatic nitrogens is 2. The van der Waals surface area contributed by atoms with Gasteiger partial charge < -0.3 is 9.42 Å². The van der Waals surface area contributed by atoms with Crippen LogP contribution in [0.3, 0.4) is 0 Å². The highest BCUT2D eigenvalue weighted by Crippen LogP contribution is 2.17. The van der Waals surface area contributed by atoms with Crippen LogP contribution in [-0.2, 0) is 6.54 Å². The van der Waals surface area contributed by atoms with E-state index in [0.717, 1.165) is 5.56 Å². The van der Waals surface area contributed by atoms with Crippen molar-refractivity contribution in [2.75, 3.05) is 26.2 Å². The molecule has 1 aliphatic heterocycles. The van der Waals surface area contributed by atoms with Crippen molar-refractivity contribution in [2.24, 2.45) is 0 Å². The molecule has 1 fully saturated rings. The zero-order valence-electron chi connectivity index (χ0n) is 14.7. The molecule has 7 heteroatoms. The molecule has 0 aliphatic carbocycles. The molecule has 4 rings (SSSR count). The molecule has 2 aromatic carbocycles. The number of rotatable bonds is 4. The lowest BCUT2D eigenvalue weighted by molar-refractivity contribution is 0.0620. The molecule has 2 heterocycles. The molecular weight excluding hydrogens is 347 g/mol. The summed E-state index contributed by atoms with van der Waals surface area (Å²) in [6.07, 6.45) is 0. The molecule has 138 valence electrons. The highest BCUT2D eigenvalue weighted by atomic mass is 19.1. The van der Waals surface area contributed by atoms with E-state index in [2.05, 4.69) is 15.0 Å². The second-order valence-corrected chi connectivity index (χ2v) is 6.43. The van der Waals surface area contributed by atoms with Gasteiger partial charge in [-0.2, -0.15) is 4.98 Å². The second-order valence-electron chi connectivity index (χ2n) is 6.43. The van der Waals surface area contributed by atoms with Gasteiger partial charge in [-0.25, -0.2) is 4.39 Å². The van der Waals surface area contributed by atoms with Crippen molar-refractivity contribution in [2.45, 2.75) is 6.54 Å². The van der Waals surface area contributed by atoms with Gasteiger partial charge in [0.1, 0.15) is 5.82 Å². The Labute approximate surface area is 156 Å². The molecule has 0 spiro atoms. The first-order valence-corrected chi connectivity index (χ1v) is 8.85. The summed E-state index contributed by atoms with van der Waals surface area (Å²) in [7, 11) is 0. The Morgan fingerprint density at radius 3 is 2.44 bits per heavy atom. The highest BCUT2D eigenvalue weighted by Gasteiger charge is 2.24. The smallest absolute Gasteiger partial charge is 0.257 e. The normalized spacial score (nSPS) is 15.1. The summed E-state index contributed by atoms with van der Waals surface area (Å²) in [5.74, 6) is 0.366. The van der Waals surface area contributed by atoms with Gasteiger partial charge in [-0.3, -0.25) is 9.69 Å². The number of halogens is 1. The van der Waals surface area contributed by atoms with Crippen LogP contribution in [0.2, 0.25) is 0 Å². The maximum Gasteiger partial charge on any atom is 0.257 e. The summed E-state index contributed by atoms with van der Waals surface area (Å²) >= 11 is 0. The van der Waals surface area contributed by atoms with Crippen LogP contribution in [-0.4, -0.2) is 52.0 Å². The molecule has 0 radical (unpaired) electrons. The lowest BCUT2D eigenvalue weighted by Crippen LogP contribution is -2.48. The van der Waals surface area contributed by atoms with Gasteiger partial charge in [-0.1, -0.05) is 35.5 Å². The van der Waals surface area contributed by atoms with Crippen molar-refractivity contribution in [1.82, 2.24) is 19.9 Å². The van der Waals surface area contributed by atoms with Gasteiger partial charge >= 0.3 is 0 Å². The lowest BCUT2D eigenvalue weighted by Gasteiger charge is -2.34. The SMILES string of the molecule is O=C(c1ccccc1F)N1CCN(Cc2noc(-c3ccccc3)n2)CC1.